The molecule has 3 heterocycles. The molecule has 0 radical (unpaired) electrons. The van der Waals surface area contributed by atoms with Crippen LogP contribution in [0.3, 0.4) is 0 Å². The molecule has 3 aliphatic heterocycles. The SMILES string of the molecule is C[C@@H]1CO[C@]23O[C@H]4C[C@H]5[C@@H]6CC[C@@H]7C[C@@H](NC(=O)CC(=O)NC8CCN(C)CC8)CC[C@]7(C)[C@H]6CC[C@]5(C)[C@H]4[C@]2(C)C3C1. The summed E-state index contributed by atoms with van der Waals surface area (Å²) in [5.74, 6) is 4.46. The first-order chi connectivity index (χ1) is 20.5. The highest BCUT2D eigenvalue weighted by atomic mass is 16.7. The topological polar surface area (TPSA) is 79.9 Å². The van der Waals surface area contributed by atoms with Gasteiger partial charge in [0.05, 0.1) is 12.7 Å². The average molecular weight is 596 g/mol. The molecule has 7 nitrogen and oxygen atoms in total. The van der Waals surface area contributed by atoms with Crippen LogP contribution in [-0.2, 0) is 19.1 Å². The standard InChI is InChI=1S/C36H57N3O4/c1-21-16-29-35(4)32-28(43-36(29,35)42-20-21)18-27-25-7-6-22-17-24(8-12-33(22,2)26(25)9-13-34(27,32)3)38-31(41)19-30(40)37-23-10-14-39(5)15-11-23/h21-29,32H,6-20H2,1-5H3,(H,37,40)(H,38,41)/t21-,22+,24-,25+,26-,27-,28-,29?,32-,33-,34-,35-,36+/m0/s1. The third-order valence-electron chi connectivity index (χ3n) is 15.5. The third-order valence-corrected chi connectivity index (χ3v) is 15.5. The first-order valence-electron chi connectivity index (χ1n) is 18.1. The number of amides is 2. The molecule has 7 heteroatoms. The van der Waals surface area contributed by atoms with Gasteiger partial charge in [-0.05, 0) is 131 Å². The number of nitrogens with one attached hydrogen (secondary N) is 2. The van der Waals surface area contributed by atoms with E-state index in [1.54, 1.807) is 0 Å². The van der Waals surface area contributed by atoms with Crippen molar-refractivity contribution < 1.29 is 19.1 Å². The van der Waals surface area contributed by atoms with Crippen molar-refractivity contribution in [3.05, 3.63) is 0 Å². The van der Waals surface area contributed by atoms with Crippen LogP contribution in [0.25, 0.3) is 0 Å². The lowest BCUT2D eigenvalue weighted by atomic mass is 9.44. The molecule has 240 valence electrons. The van der Waals surface area contributed by atoms with Gasteiger partial charge in [0.1, 0.15) is 6.42 Å². The molecule has 0 aromatic rings. The fourth-order valence-electron chi connectivity index (χ4n) is 13.4. The summed E-state index contributed by atoms with van der Waals surface area (Å²) in [6.45, 7) is 13.0. The second-order valence-electron chi connectivity index (χ2n) is 17.6. The Bertz CT molecular complexity index is 1160. The van der Waals surface area contributed by atoms with Crippen molar-refractivity contribution in [1.82, 2.24) is 15.5 Å². The molecule has 8 rings (SSSR count). The van der Waals surface area contributed by atoms with Gasteiger partial charge in [0.2, 0.25) is 11.8 Å². The summed E-state index contributed by atoms with van der Waals surface area (Å²) in [7, 11) is 2.12. The van der Waals surface area contributed by atoms with Gasteiger partial charge in [-0.2, -0.15) is 0 Å². The molecule has 2 N–H and O–H groups in total. The van der Waals surface area contributed by atoms with Gasteiger partial charge in [-0.15, -0.1) is 0 Å². The molecule has 0 bridgehead atoms. The number of piperidine rings is 1. The highest BCUT2D eigenvalue weighted by Gasteiger charge is 2.89. The van der Waals surface area contributed by atoms with Crippen LogP contribution in [0, 0.1) is 57.7 Å². The van der Waals surface area contributed by atoms with E-state index in [0.29, 0.717) is 40.6 Å². The van der Waals surface area contributed by atoms with Gasteiger partial charge >= 0.3 is 0 Å². The van der Waals surface area contributed by atoms with E-state index in [4.69, 9.17) is 9.47 Å². The summed E-state index contributed by atoms with van der Waals surface area (Å²) in [6.07, 6.45) is 13.4. The highest BCUT2D eigenvalue weighted by Crippen LogP contribution is 2.84. The zero-order valence-corrected chi connectivity index (χ0v) is 27.5. The van der Waals surface area contributed by atoms with Crippen molar-refractivity contribution >= 4 is 11.8 Å². The number of likely N-dealkylation sites (tertiary alicyclic amines) is 1. The Balaban J connectivity index is 0.891. The molecular weight excluding hydrogens is 538 g/mol. The Morgan fingerprint density at radius 3 is 2.33 bits per heavy atom. The Labute approximate surface area is 259 Å². The Morgan fingerprint density at radius 1 is 0.837 bits per heavy atom. The number of rotatable bonds is 4. The number of hydrogen-bond acceptors (Lipinski definition) is 5. The molecule has 8 fully saturated rings. The lowest BCUT2D eigenvalue weighted by molar-refractivity contribution is -0.212. The lowest BCUT2D eigenvalue weighted by Crippen LogP contribution is -2.56. The van der Waals surface area contributed by atoms with E-state index in [-0.39, 0.29) is 41.5 Å². The largest absolute Gasteiger partial charge is 0.353 e. The van der Waals surface area contributed by atoms with Crippen LogP contribution in [0.2, 0.25) is 0 Å². The van der Waals surface area contributed by atoms with Gasteiger partial charge in [-0.25, -0.2) is 0 Å². The van der Waals surface area contributed by atoms with Crippen LogP contribution in [-0.4, -0.2) is 67.4 Å². The second-order valence-corrected chi connectivity index (χ2v) is 17.6. The molecule has 1 spiro atoms. The van der Waals surface area contributed by atoms with Crippen molar-refractivity contribution in [1.29, 1.82) is 0 Å². The Morgan fingerprint density at radius 2 is 1.56 bits per heavy atom. The van der Waals surface area contributed by atoms with Crippen molar-refractivity contribution in [2.45, 2.75) is 129 Å². The van der Waals surface area contributed by atoms with E-state index in [1.165, 1.54) is 44.9 Å². The third kappa shape index (κ3) is 4.15. The van der Waals surface area contributed by atoms with Gasteiger partial charge < -0.3 is 25.0 Å². The van der Waals surface area contributed by atoms with Crippen molar-refractivity contribution in [3.63, 3.8) is 0 Å². The van der Waals surface area contributed by atoms with Crippen LogP contribution < -0.4 is 10.6 Å². The maximum Gasteiger partial charge on any atom is 0.229 e. The van der Waals surface area contributed by atoms with Crippen LogP contribution in [0.15, 0.2) is 0 Å². The molecule has 8 aliphatic rings. The molecule has 1 unspecified atom stereocenters. The molecule has 0 aromatic carbocycles. The van der Waals surface area contributed by atoms with E-state index in [9.17, 15) is 9.59 Å². The summed E-state index contributed by atoms with van der Waals surface area (Å²) in [4.78, 5) is 27.8. The number of carbonyl (C=O) groups is 2. The summed E-state index contributed by atoms with van der Waals surface area (Å²) in [6, 6.07) is 0.419. The number of nitrogens with zero attached hydrogens (tertiary/aromatic N) is 1. The average Bonchev–Trinajstić information content (AvgIpc) is 3.18. The minimum absolute atomic E-state index is 0.0366. The summed E-state index contributed by atoms with van der Waals surface area (Å²) >= 11 is 0. The fraction of sp³-hybridized carbons (Fsp3) is 0.944. The van der Waals surface area contributed by atoms with Crippen LogP contribution >= 0.6 is 0 Å². The maximum atomic E-state index is 12.9. The first-order valence-corrected chi connectivity index (χ1v) is 18.1. The minimum Gasteiger partial charge on any atom is -0.353 e. The summed E-state index contributed by atoms with van der Waals surface area (Å²) in [5, 5.41) is 6.40. The van der Waals surface area contributed by atoms with Crippen molar-refractivity contribution in [3.8, 4) is 0 Å². The van der Waals surface area contributed by atoms with E-state index in [0.717, 1.165) is 63.1 Å². The van der Waals surface area contributed by atoms with Gasteiger partial charge in [0.25, 0.3) is 0 Å². The zero-order valence-electron chi connectivity index (χ0n) is 27.5. The van der Waals surface area contributed by atoms with Gasteiger partial charge in [-0.1, -0.05) is 27.7 Å². The monoisotopic (exact) mass is 595 g/mol. The highest BCUT2D eigenvalue weighted by molar-refractivity contribution is 5.97. The normalized spacial score (nSPS) is 53.8. The molecule has 13 atom stereocenters. The molecule has 5 aliphatic carbocycles. The smallest absolute Gasteiger partial charge is 0.229 e. The molecule has 43 heavy (non-hydrogen) atoms. The van der Waals surface area contributed by atoms with E-state index < -0.39 is 0 Å². The molecule has 5 saturated carbocycles. The summed E-state index contributed by atoms with van der Waals surface area (Å²) in [5.41, 5.74) is 0.948. The number of carbonyl (C=O) groups excluding carboxylic acids is 2. The second kappa shape index (κ2) is 9.91. The van der Waals surface area contributed by atoms with Gasteiger partial charge in [0, 0.05) is 29.3 Å². The minimum atomic E-state index is -0.264. The Kier molecular flexibility index (Phi) is 6.74. The van der Waals surface area contributed by atoms with Crippen LogP contribution in [0.1, 0.15) is 105 Å². The van der Waals surface area contributed by atoms with E-state index in [2.05, 4.69) is 50.3 Å². The van der Waals surface area contributed by atoms with Gasteiger partial charge in [-0.3, -0.25) is 9.59 Å². The quantitative estimate of drug-likeness (QED) is 0.441. The summed E-state index contributed by atoms with van der Waals surface area (Å²) < 4.78 is 13.6. The number of ether oxygens (including phenoxy) is 2. The molecule has 0 aromatic heterocycles. The van der Waals surface area contributed by atoms with Crippen molar-refractivity contribution in [2.24, 2.45) is 57.7 Å². The van der Waals surface area contributed by atoms with E-state index in [1.807, 2.05) is 0 Å². The van der Waals surface area contributed by atoms with E-state index >= 15 is 0 Å². The van der Waals surface area contributed by atoms with Crippen molar-refractivity contribution in [2.75, 3.05) is 26.7 Å². The van der Waals surface area contributed by atoms with Crippen LogP contribution in [0.4, 0.5) is 0 Å². The predicted octanol–water partition coefficient (Wildman–Crippen LogP) is 5.13. The molecular formula is C36H57N3O4. The van der Waals surface area contributed by atoms with Crippen LogP contribution in [0.5, 0.6) is 0 Å². The molecule has 3 saturated heterocycles. The number of hydrogen-bond donors (Lipinski definition) is 2. The first kappa shape index (κ1) is 29.2. The predicted molar refractivity (Wildman–Crippen MR) is 165 cm³/mol. The van der Waals surface area contributed by atoms with Gasteiger partial charge in [0.15, 0.2) is 5.79 Å². The Hall–Kier alpha value is -1.18. The molecule has 2 amide bonds. The fourth-order valence-corrected chi connectivity index (χ4v) is 13.4. The maximum absolute atomic E-state index is 12.9. The number of fused-ring (bicyclic) bond motifs is 9. The lowest BCUT2D eigenvalue weighted by Gasteiger charge is -2.61. The zero-order chi connectivity index (χ0) is 29.9.